The highest BCUT2D eigenvalue weighted by Gasteiger charge is 2.09. The molecule has 1 saturated heterocycles. The van der Waals surface area contributed by atoms with Crippen LogP contribution in [0.3, 0.4) is 0 Å². The van der Waals surface area contributed by atoms with Crippen LogP contribution in [0, 0.1) is 0 Å². The highest BCUT2D eigenvalue weighted by Crippen LogP contribution is 2.20. The zero-order chi connectivity index (χ0) is 13.5. The van der Waals surface area contributed by atoms with Gasteiger partial charge in [-0.2, -0.15) is 4.98 Å². The monoisotopic (exact) mass is 266 g/mol. The molecule has 1 fully saturated rings. The lowest BCUT2D eigenvalue weighted by Crippen LogP contribution is -2.39. The summed E-state index contributed by atoms with van der Waals surface area (Å²) in [4.78, 5) is 6.72. The Kier molecular flexibility index (Phi) is 5.23. The Bertz CT molecular complexity index is 394. The molecule has 2 rings (SSSR count). The van der Waals surface area contributed by atoms with Crippen molar-refractivity contribution in [1.29, 1.82) is 0 Å². The number of pyridine rings is 1. The number of morpholine rings is 1. The molecule has 0 atom stereocenters. The molecule has 1 aliphatic rings. The van der Waals surface area contributed by atoms with Crippen molar-refractivity contribution in [2.75, 3.05) is 57.1 Å². The van der Waals surface area contributed by atoms with E-state index in [1.807, 2.05) is 19.1 Å². The molecule has 2 heterocycles. The minimum Gasteiger partial charge on any atom is -0.476 e. The van der Waals surface area contributed by atoms with Gasteiger partial charge in [0, 0.05) is 26.2 Å². The number of aromatic nitrogens is 1. The number of anilines is 2. The molecule has 1 aliphatic heterocycles. The van der Waals surface area contributed by atoms with Crippen LogP contribution in [0.2, 0.25) is 0 Å². The number of rotatable bonds is 6. The van der Waals surface area contributed by atoms with Crippen LogP contribution in [0.15, 0.2) is 12.1 Å². The van der Waals surface area contributed by atoms with E-state index in [2.05, 4.69) is 15.2 Å². The normalized spacial score (nSPS) is 16.3. The summed E-state index contributed by atoms with van der Waals surface area (Å²) in [6.07, 6.45) is 0. The third kappa shape index (κ3) is 4.25. The first-order valence-corrected chi connectivity index (χ1v) is 6.73. The molecule has 0 spiro atoms. The number of ether oxygens (including phenoxy) is 2. The molecule has 19 heavy (non-hydrogen) atoms. The second-order valence-electron chi connectivity index (χ2n) is 4.40. The molecule has 1 aromatic heterocycles. The molecule has 0 radical (unpaired) electrons. The molecule has 6 nitrogen and oxygen atoms in total. The average Bonchev–Trinajstić information content (AvgIpc) is 2.44. The summed E-state index contributed by atoms with van der Waals surface area (Å²) < 4.78 is 10.7. The smallest absolute Gasteiger partial charge is 0.239 e. The highest BCUT2D eigenvalue weighted by atomic mass is 16.5. The Labute approximate surface area is 113 Å². The molecule has 0 unspecified atom stereocenters. The fourth-order valence-electron chi connectivity index (χ4n) is 1.97. The van der Waals surface area contributed by atoms with E-state index >= 15 is 0 Å². The zero-order valence-electron chi connectivity index (χ0n) is 11.4. The average molecular weight is 266 g/mol. The standard InChI is InChI=1S/C13H22N4O2/c1-2-19-13-11(14)3-4-12(16-13)15-5-6-17-7-9-18-10-8-17/h3-4H,2,5-10,14H2,1H3,(H,15,16). The summed E-state index contributed by atoms with van der Waals surface area (Å²) in [5.41, 5.74) is 6.35. The third-order valence-corrected chi connectivity index (χ3v) is 3.01. The summed E-state index contributed by atoms with van der Waals surface area (Å²) in [7, 11) is 0. The van der Waals surface area contributed by atoms with Gasteiger partial charge in [-0.3, -0.25) is 4.90 Å². The summed E-state index contributed by atoms with van der Waals surface area (Å²) in [5, 5.41) is 3.29. The van der Waals surface area contributed by atoms with E-state index in [4.69, 9.17) is 15.2 Å². The predicted molar refractivity (Wildman–Crippen MR) is 75.6 cm³/mol. The first-order chi connectivity index (χ1) is 9.29. The number of nitrogens with zero attached hydrogens (tertiary/aromatic N) is 2. The molecule has 3 N–H and O–H groups in total. The van der Waals surface area contributed by atoms with E-state index in [-0.39, 0.29) is 0 Å². The Balaban J connectivity index is 1.80. The van der Waals surface area contributed by atoms with Crippen LogP contribution in [0.25, 0.3) is 0 Å². The van der Waals surface area contributed by atoms with Gasteiger partial charge in [-0.25, -0.2) is 0 Å². The van der Waals surface area contributed by atoms with Gasteiger partial charge in [-0.05, 0) is 19.1 Å². The third-order valence-electron chi connectivity index (χ3n) is 3.01. The van der Waals surface area contributed by atoms with Crippen molar-refractivity contribution in [3.63, 3.8) is 0 Å². The minimum absolute atomic E-state index is 0.499. The maximum absolute atomic E-state index is 5.78. The van der Waals surface area contributed by atoms with Gasteiger partial charge in [-0.1, -0.05) is 0 Å². The van der Waals surface area contributed by atoms with E-state index in [0.29, 0.717) is 18.2 Å². The zero-order valence-corrected chi connectivity index (χ0v) is 11.4. The van der Waals surface area contributed by atoms with Crippen LogP contribution < -0.4 is 15.8 Å². The Hall–Kier alpha value is -1.53. The Morgan fingerprint density at radius 2 is 2.21 bits per heavy atom. The molecular weight excluding hydrogens is 244 g/mol. The molecule has 106 valence electrons. The van der Waals surface area contributed by atoms with Crippen LogP contribution in [0.1, 0.15) is 6.92 Å². The van der Waals surface area contributed by atoms with Crippen molar-refractivity contribution in [1.82, 2.24) is 9.88 Å². The van der Waals surface area contributed by atoms with Crippen LogP contribution in [-0.4, -0.2) is 55.9 Å². The van der Waals surface area contributed by atoms with E-state index < -0.39 is 0 Å². The van der Waals surface area contributed by atoms with Crippen LogP contribution in [0.4, 0.5) is 11.5 Å². The molecule has 0 aromatic carbocycles. The largest absolute Gasteiger partial charge is 0.476 e. The van der Waals surface area contributed by atoms with E-state index in [1.54, 1.807) is 0 Å². The van der Waals surface area contributed by atoms with E-state index in [0.717, 1.165) is 45.2 Å². The van der Waals surface area contributed by atoms with Crippen molar-refractivity contribution >= 4 is 11.5 Å². The number of nitrogen functional groups attached to an aromatic ring is 1. The summed E-state index contributed by atoms with van der Waals surface area (Å²) in [6.45, 7) is 7.97. The Morgan fingerprint density at radius 3 is 2.95 bits per heavy atom. The minimum atomic E-state index is 0.499. The molecule has 1 aromatic rings. The van der Waals surface area contributed by atoms with Crippen LogP contribution in [-0.2, 0) is 4.74 Å². The van der Waals surface area contributed by atoms with Gasteiger partial charge in [0.15, 0.2) is 0 Å². The second kappa shape index (κ2) is 7.16. The van der Waals surface area contributed by atoms with Crippen molar-refractivity contribution in [3.05, 3.63) is 12.1 Å². The quantitative estimate of drug-likeness (QED) is 0.794. The van der Waals surface area contributed by atoms with Gasteiger partial charge in [0.1, 0.15) is 5.82 Å². The first-order valence-electron chi connectivity index (χ1n) is 6.73. The van der Waals surface area contributed by atoms with Crippen molar-refractivity contribution in [2.45, 2.75) is 6.92 Å². The van der Waals surface area contributed by atoms with Gasteiger partial charge in [-0.15, -0.1) is 0 Å². The number of nitrogens with one attached hydrogen (secondary N) is 1. The fourth-order valence-corrected chi connectivity index (χ4v) is 1.97. The fraction of sp³-hybridized carbons (Fsp3) is 0.615. The lowest BCUT2D eigenvalue weighted by atomic mass is 10.4. The van der Waals surface area contributed by atoms with Crippen molar-refractivity contribution < 1.29 is 9.47 Å². The summed E-state index contributed by atoms with van der Waals surface area (Å²) >= 11 is 0. The van der Waals surface area contributed by atoms with Gasteiger partial charge in [0.25, 0.3) is 0 Å². The van der Waals surface area contributed by atoms with Crippen LogP contribution in [0.5, 0.6) is 5.88 Å². The lowest BCUT2D eigenvalue weighted by Gasteiger charge is -2.26. The second-order valence-corrected chi connectivity index (χ2v) is 4.40. The van der Waals surface area contributed by atoms with Gasteiger partial charge >= 0.3 is 0 Å². The number of hydrogen-bond donors (Lipinski definition) is 2. The molecule has 6 heteroatoms. The Morgan fingerprint density at radius 1 is 1.42 bits per heavy atom. The summed E-state index contributed by atoms with van der Waals surface area (Å²) in [5.74, 6) is 1.30. The molecule has 0 aliphatic carbocycles. The number of hydrogen-bond acceptors (Lipinski definition) is 6. The van der Waals surface area contributed by atoms with Crippen molar-refractivity contribution in [3.8, 4) is 5.88 Å². The lowest BCUT2D eigenvalue weighted by molar-refractivity contribution is 0.0398. The molecular formula is C13H22N4O2. The van der Waals surface area contributed by atoms with E-state index in [1.165, 1.54) is 0 Å². The predicted octanol–water partition coefficient (Wildman–Crippen LogP) is 0.807. The molecule has 0 bridgehead atoms. The molecule has 0 saturated carbocycles. The van der Waals surface area contributed by atoms with Gasteiger partial charge in [0.05, 0.1) is 25.5 Å². The van der Waals surface area contributed by atoms with E-state index in [9.17, 15) is 0 Å². The first kappa shape index (κ1) is 13.9. The summed E-state index contributed by atoms with van der Waals surface area (Å²) in [6, 6.07) is 3.69. The van der Waals surface area contributed by atoms with Crippen molar-refractivity contribution in [2.24, 2.45) is 0 Å². The highest BCUT2D eigenvalue weighted by molar-refractivity contribution is 5.53. The molecule has 0 amide bonds. The topological polar surface area (TPSA) is 72.6 Å². The van der Waals surface area contributed by atoms with Gasteiger partial charge < -0.3 is 20.5 Å². The van der Waals surface area contributed by atoms with Crippen LogP contribution >= 0.6 is 0 Å². The maximum Gasteiger partial charge on any atom is 0.239 e. The maximum atomic E-state index is 5.78. The SMILES string of the molecule is CCOc1nc(NCCN2CCOCC2)ccc1N. The van der Waals surface area contributed by atoms with Gasteiger partial charge in [0.2, 0.25) is 5.88 Å². The number of nitrogens with two attached hydrogens (primary N) is 1.